The molecule has 0 saturated carbocycles. The lowest BCUT2D eigenvalue weighted by atomic mass is 10.1. The highest BCUT2D eigenvalue weighted by atomic mass is 79.9. The summed E-state index contributed by atoms with van der Waals surface area (Å²) < 4.78 is -0.360. The van der Waals surface area contributed by atoms with Crippen LogP contribution in [0, 0.1) is 0 Å². The number of halogens is 1. The van der Waals surface area contributed by atoms with E-state index in [9.17, 15) is 9.59 Å². The van der Waals surface area contributed by atoms with Crippen LogP contribution in [0.15, 0.2) is 34.8 Å². The Hall–Kier alpha value is -1.62. The van der Waals surface area contributed by atoms with Gasteiger partial charge in [0.05, 0.1) is 5.57 Å². The van der Waals surface area contributed by atoms with Crippen molar-refractivity contribution in [2.75, 3.05) is 0 Å². The minimum atomic E-state index is -1.31. The first kappa shape index (κ1) is 11.5. The zero-order valence-corrected chi connectivity index (χ0v) is 9.06. The molecule has 0 amide bonds. The highest BCUT2D eigenvalue weighted by molar-refractivity contribution is 9.12. The lowest BCUT2D eigenvalue weighted by molar-refractivity contribution is -0.133. The molecule has 4 nitrogen and oxygen atoms in total. The van der Waals surface area contributed by atoms with Crippen molar-refractivity contribution in [2.24, 2.45) is 0 Å². The smallest absolute Gasteiger partial charge is 0.343 e. The Labute approximate surface area is 94.0 Å². The molecule has 0 aliphatic rings. The van der Waals surface area contributed by atoms with E-state index in [2.05, 4.69) is 15.9 Å². The molecule has 1 aromatic carbocycles. The summed E-state index contributed by atoms with van der Waals surface area (Å²) in [6.45, 7) is 0. The van der Waals surface area contributed by atoms with Gasteiger partial charge in [-0.25, -0.2) is 9.59 Å². The van der Waals surface area contributed by atoms with Crippen LogP contribution in [0.4, 0.5) is 0 Å². The number of hydrogen-bond donors (Lipinski definition) is 2. The molecule has 0 aliphatic carbocycles. The monoisotopic (exact) mass is 270 g/mol. The van der Waals surface area contributed by atoms with Gasteiger partial charge in [-0.05, 0) is 21.5 Å². The van der Waals surface area contributed by atoms with Crippen LogP contribution in [-0.4, -0.2) is 22.2 Å². The van der Waals surface area contributed by atoms with Crippen molar-refractivity contribution in [3.8, 4) is 0 Å². The molecule has 0 aromatic heterocycles. The van der Waals surface area contributed by atoms with Crippen molar-refractivity contribution in [3.63, 3.8) is 0 Å². The second-order valence-corrected chi connectivity index (χ2v) is 3.46. The quantitative estimate of drug-likeness (QED) is 0.824. The Balaban J connectivity index is 3.34. The van der Waals surface area contributed by atoms with Gasteiger partial charge in [0.2, 0.25) is 0 Å². The highest BCUT2D eigenvalue weighted by Crippen LogP contribution is 2.23. The van der Waals surface area contributed by atoms with E-state index in [1.807, 2.05) is 0 Å². The molecule has 1 aromatic rings. The molecular weight excluding hydrogens is 264 g/mol. The van der Waals surface area contributed by atoms with Gasteiger partial charge in [-0.2, -0.15) is 0 Å². The van der Waals surface area contributed by atoms with Crippen LogP contribution >= 0.6 is 15.9 Å². The van der Waals surface area contributed by atoms with Gasteiger partial charge in [0.1, 0.15) is 4.48 Å². The van der Waals surface area contributed by atoms with Crippen molar-refractivity contribution in [2.45, 2.75) is 0 Å². The number of carboxylic acids is 2. The molecule has 0 spiro atoms. The maximum absolute atomic E-state index is 10.9. The van der Waals surface area contributed by atoms with Crippen LogP contribution in [0.25, 0.3) is 5.57 Å². The van der Waals surface area contributed by atoms with Crippen LogP contribution in [0.3, 0.4) is 0 Å². The van der Waals surface area contributed by atoms with Crippen LogP contribution < -0.4 is 0 Å². The number of aliphatic carboxylic acids is 2. The fourth-order valence-electron chi connectivity index (χ4n) is 1.06. The maximum Gasteiger partial charge on any atom is 0.343 e. The van der Waals surface area contributed by atoms with Gasteiger partial charge in [-0.15, -0.1) is 0 Å². The zero-order valence-electron chi connectivity index (χ0n) is 7.48. The molecule has 5 heteroatoms. The molecule has 15 heavy (non-hydrogen) atoms. The number of rotatable bonds is 3. The van der Waals surface area contributed by atoms with Gasteiger partial charge in [0.15, 0.2) is 0 Å². The minimum Gasteiger partial charge on any atom is -0.478 e. The van der Waals surface area contributed by atoms with Crippen LogP contribution in [0.5, 0.6) is 0 Å². The maximum atomic E-state index is 10.9. The third-order valence-corrected chi connectivity index (χ3v) is 2.42. The van der Waals surface area contributed by atoms with Gasteiger partial charge in [-0.3, -0.25) is 0 Å². The Morgan fingerprint density at radius 1 is 1.00 bits per heavy atom. The Bertz CT molecular complexity index is 422. The first-order valence-electron chi connectivity index (χ1n) is 3.96. The van der Waals surface area contributed by atoms with Crippen LogP contribution in [0.1, 0.15) is 5.56 Å². The van der Waals surface area contributed by atoms with E-state index >= 15 is 0 Å². The molecule has 1 rings (SSSR count). The third-order valence-electron chi connectivity index (χ3n) is 1.68. The lowest BCUT2D eigenvalue weighted by Gasteiger charge is -2.03. The summed E-state index contributed by atoms with van der Waals surface area (Å²) in [6.07, 6.45) is 0. The summed E-state index contributed by atoms with van der Waals surface area (Å²) in [5, 5.41) is 17.6. The molecular formula is C10H7BrO4. The predicted octanol–water partition coefficient (Wildman–Crippen LogP) is 1.96. The van der Waals surface area contributed by atoms with Gasteiger partial charge >= 0.3 is 11.9 Å². The topological polar surface area (TPSA) is 74.6 Å². The van der Waals surface area contributed by atoms with Crippen molar-refractivity contribution in [1.29, 1.82) is 0 Å². The fraction of sp³-hybridized carbons (Fsp3) is 0. The normalized spacial score (nSPS) is 11.8. The zero-order chi connectivity index (χ0) is 11.4. The van der Waals surface area contributed by atoms with Crippen molar-refractivity contribution in [1.82, 2.24) is 0 Å². The summed E-state index contributed by atoms with van der Waals surface area (Å²) in [4.78, 5) is 21.5. The largest absolute Gasteiger partial charge is 0.478 e. The second kappa shape index (κ2) is 4.75. The average Bonchev–Trinajstić information content (AvgIpc) is 2.18. The molecule has 78 valence electrons. The fourth-order valence-corrected chi connectivity index (χ4v) is 1.45. The summed E-state index contributed by atoms with van der Waals surface area (Å²) in [6, 6.07) is 8.07. The number of carbonyl (C=O) groups is 2. The van der Waals surface area contributed by atoms with E-state index in [0.717, 1.165) is 0 Å². The van der Waals surface area contributed by atoms with E-state index in [4.69, 9.17) is 10.2 Å². The second-order valence-electron chi connectivity index (χ2n) is 2.67. The van der Waals surface area contributed by atoms with Crippen molar-refractivity contribution in [3.05, 3.63) is 40.4 Å². The molecule has 0 radical (unpaired) electrons. The first-order chi connectivity index (χ1) is 7.04. The Morgan fingerprint density at radius 2 is 1.53 bits per heavy atom. The molecule has 0 heterocycles. The van der Waals surface area contributed by atoms with E-state index in [-0.39, 0.29) is 10.1 Å². The molecule has 2 N–H and O–H groups in total. The summed E-state index contributed by atoms with van der Waals surface area (Å²) in [7, 11) is 0. The Morgan fingerprint density at radius 3 is 1.93 bits per heavy atom. The number of carboxylic acid groups (broad SMARTS) is 2. The van der Waals surface area contributed by atoms with E-state index < -0.39 is 11.9 Å². The summed E-state index contributed by atoms with van der Waals surface area (Å²) in [5.74, 6) is -2.59. The lowest BCUT2D eigenvalue weighted by Crippen LogP contribution is -2.06. The first-order valence-corrected chi connectivity index (χ1v) is 4.75. The van der Waals surface area contributed by atoms with E-state index in [0.29, 0.717) is 5.56 Å². The SMILES string of the molecule is O=C(O)/C(Br)=C(\C(=O)O)c1ccccc1. The summed E-state index contributed by atoms with van der Waals surface area (Å²) >= 11 is 2.75. The van der Waals surface area contributed by atoms with Gasteiger partial charge in [-0.1, -0.05) is 30.3 Å². The molecule has 0 bridgehead atoms. The van der Waals surface area contributed by atoms with Gasteiger partial charge in [0.25, 0.3) is 0 Å². The third kappa shape index (κ3) is 2.66. The van der Waals surface area contributed by atoms with Crippen LogP contribution in [-0.2, 0) is 9.59 Å². The minimum absolute atomic E-state index is 0.261. The molecule has 0 unspecified atom stereocenters. The van der Waals surface area contributed by atoms with E-state index in [1.165, 1.54) is 12.1 Å². The highest BCUT2D eigenvalue weighted by Gasteiger charge is 2.19. The van der Waals surface area contributed by atoms with Gasteiger partial charge < -0.3 is 10.2 Å². The molecule has 0 saturated heterocycles. The standard InChI is InChI=1S/C10H7BrO4/c11-8(10(14)15)7(9(12)13)6-4-2-1-3-5-6/h1-5H,(H,12,13)(H,14,15)/b8-7+. The van der Waals surface area contributed by atoms with Crippen molar-refractivity contribution >= 4 is 33.4 Å². The number of benzene rings is 1. The molecule has 0 atom stereocenters. The van der Waals surface area contributed by atoms with Crippen molar-refractivity contribution < 1.29 is 19.8 Å². The molecule has 0 aliphatic heterocycles. The predicted molar refractivity (Wildman–Crippen MR) is 57.6 cm³/mol. The Kier molecular flexibility index (Phi) is 3.62. The summed E-state index contributed by atoms with van der Waals surface area (Å²) in [5.41, 5.74) is 0.0855. The van der Waals surface area contributed by atoms with Gasteiger partial charge in [0, 0.05) is 0 Å². The van der Waals surface area contributed by atoms with E-state index in [1.54, 1.807) is 18.2 Å². The number of hydrogen-bond acceptors (Lipinski definition) is 2. The molecule has 0 fully saturated rings. The average molecular weight is 271 g/mol. The van der Waals surface area contributed by atoms with Crippen LogP contribution in [0.2, 0.25) is 0 Å².